The fraction of sp³-hybridized carbons (Fsp3) is 0.706. The summed E-state index contributed by atoms with van der Waals surface area (Å²) in [6.07, 6.45) is 7.66. The standard InChI is InChI=1S/C17H32N6/c1-5-7-8-9-10-18-17(20-13-15(3)4)19-11-12-23-14-21-22-16(23)6-2/h14H,3,5-13H2,1-2,4H3,(H2,18,19,20). The molecule has 1 rings (SSSR count). The van der Waals surface area contributed by atoms with Crippen LogP contribution in [0.25, 0.3) is 0 Å². The monoisotopic (exact) mass is 320 g/mol. The Morgan fingerprint density at radius 2 is 2.00 bits per heavy atom. The number of hydrogen-bond acceptors (Lipinski definition) is 3. The van der Waals surface area contributed by atoms with Crippen LogP contribution in [0.4, 0.5) is 0 Å². The average molecular weight is 320 g/mol. The van der Waals surface area contributed by atoms with E-state index in [1.54, 1.807) is 6.33 Å². The molecule has 23 heavy (non-hydrogen) atoms. The molecule has 0 aliphatic heterocycles. The number of hydrogen-bond donors (Lipinski definition) is 2. The van der Waals surface area contributed by atoms with E-state index in [1.165, 1.54) is 25.7 Å². The lowest BCUT2D eigenvalue weighted by atomic mass is 10.2. The lowest BCUT2D eigenvalue weighted by molar-refractivity contribution is 0.620. The Bertz CT molecular complexity index is 477. The van der Waals surface area contributed by atoms with Crippen LogP contribution in [0.5, 0.6) is 0 Å². The molecule has 0 spiro atoms. The molecule has 1 aromatic rings. The smallest absolute Gasteiger partial charge is 0.191 e. The molecule has 0 aliphatic rings. The lowest BCUT2D eigenvalue weighted by Crippen LogP contribution is -2.39. The molecule has 1 aromatic heterocycles. The van der Waals surface area contributed by atoms with Crippen LogP contribution in [0.1, 0.15) is 52.3 Å². The SMILES string of the molecule is C=C(C)CN=C(NCCCCCC)NCCn1cnnc1CC. The molecule has 0 aliphatic carbocycles. The summed E-state index contributed by atoms with van der Waals surface area (Å²) in [5.41, 5.74) is 1.06. The molecule has 0 bridgehead atoms. The van der Waals surface area contributed by atoms with Gasteiger partial charge in [0.05, 0.1) is 6.54 Å². The van der Waals surface area contributed by atoms with Gasteiger partial charge in [0.15, 0.2) is 5.96 Å². The molecular formula is C17H32N6. The maximum absolute atomic E-state index is 4.56. The first-order valence-electron chi connectivity index (χ1n) is 8.70. The van der Waals surface area contributed by atoms with Gasteiger partial charge in [-0.15, -0.1) is 10.2 Å². The first-order valence-corrected chi connectivity index (χ1v) is 8.70. The Kier molecular flexibility index (Phi) is 9.75. The van der Waals surface area contributed by atoms with Gasteiger partial charge in [-0.3, -0.25) is 0 Å². The highest BCUT2D eigenvalue weighted by atomic mass is 15.3. The van der Waals surface area contributed by atoms with Gasteiger partial charge in [-0.05, 0) is 13.3 Å². The maximum Gasteiger partial charge on any atom is 0.191 e. The van der Waals surface area contributed by atoms with Gasteiger partial charge in [-0.2, -0.15) is 0 Å². The molecule has 6 heteroatoms. The number of unbranched alkanes of at least 4 members (excludes halogenated alkanes) is 3. The first kappa shape index (κ1) is 19.2. The van der Waals surface area contributed by atoms with Gasteiger partial charge in [0.25, 0.3) is 0 Å². The van der Waals surface area contributed by atoms with Crippen molar-refractivity contribution in [1.29, 1.82) is 0 Å². The largest absolute Gasteiger partial charge is 0.356 e. The number of guanidine groups is 1. The van der Waals surface area contributed by atoms with Crippen molar-refractivity contribution in [3.63, 3.8) is 0 Å². The molecule has 0 radical (unpaired) electrons. The molecule has 0 aromatic carbocycles. The Balaban J connectivity index is 2.39. The van der Waals surface area contributed by atoms with Gasteiger partial charge in [-0.1, -0.05) is 45.3 Å². The molecule has 0 amide bonds. The summed E-state index contributed by atoms with van der Waals surface area (Å²) in [5, 5.41) is 14.8. The molecule has 2 N–H and O–H groups in total. The van der Waals surface area contributed by atoms with E-state index < -0.39 is 0 Å². The van der Waals surface area contributed by atoms with Crippen LogP contribution in [0.15, 0.2) is 23.5 Å². The third-order valence-corrected chi connectivity index (χ3v) is 3.49. The van der Waals surface area contributed by atoms with Crippen molar-refractivity contribution in [2.24, 2.45) is 4.99 Å². The number of rotatable bonds is 11. The second-order valence-corrected chi connectivity index (χ2v) is 5.83. The molecular weight excluding hydrogens is 288 g/mol. The zero-order valence-corrected chi connectivity index (χ0v) is 14.9. The molecule has 0 unspecified atom stereocenters. The topological polar surface area (TPSA) is 67.1 Å². The van der Waals surface area contributed by atoms with Crippen LogP contribution in [0, 0.1) is 0 Å². The minimum atomic E-state index is 0.650. The second-order valence-electron chi connectivity index (χ2n) is 5.83. The summed E-state index contributed by atoms with van der Waals surface area (Å²) < 4.78 is 2.07. The molecule has 0 fully saturated rings. The number of aryl methyl sites for hydroxylation is 1. The fourth-order valence-electron chi connectivity index (χ4n) is 2.18. The van der Waals surface area contributed by atoms with Gasteiger partial charge in [0.1, 0.15) is 12.2 Å². The predicted molar refractivity (Wildman–Crippen MR) is 96.7 cm³/mol. The van der Waals surface area contributed by atoms with Crippen LogP contribution in [-0.2, 0) is 13.0 Å². The highest BCUT2D eigenvalue weighted by molar-refractivity contribution is 5.79. The molecule has 0 saturated heterocycles. The second kappa shape index (κ2) is 11.7. The van der Waals surface area contributed by atoms with Crippen molar-refractivity contribution in [3.05, 3.63) is 24.3 Å². The van der Waals surface area contributed by atoms with Crippen LogP contribution >= 0.6 is 0 Å². The van der Waals surface area contributed by atoms with E-state index in [9.17, 15) is 0 Å². The normalized spacial score (nSPS) is 11.5. The molecule has 6 nitrogen and oxygen atoms in total. The van der Waals surface area contributed by atoms with Gasteiger partial charge in [0, 0.05) is 26.1 Å². The maximum atomic E-state index is 4.56. The fourth-order valence-corrected chi connectivity index (χ4v) is 2.18. The van der Waals surface area contributed by atoms with Gasteiger partial charge < -0.3 is 15.2 Å². The average Bonchev–Trinajstić information content (AvgIpc) is 2.99. The Labute approximate surface area is 140 Å². The number of nitrogens with one attached hydrogen (secondary N) is 2. The highest BCUT2D eigenvalue weighted by Crippen LogP contribution is 1.97. The molecule has 0 atom stereocenters. The highest BCUT2D eigenvalue weighted by Gasteiger charge is 2.02. The van der Waals surface area contributed by atoms with Crippen LogP contribution < -0.4 is 10.6 Å². The van der Waals surface area contributed by atoms with Crippen molar-refractivity contribution in [2.45, 2.75) is 59.4 Å². The van der Waals surface area contributed by atoms with E-state index >= 15 is 0 Å². The summed E-state index contributed by atoms with van der Waals surface area (Å²) in [4.78, 5) is 4.56. The minimum absolute atomic E-state index is 0.650. The van der Waals surface area contributed by atoms with E-state index in [4.69, 9.17) is 0 Å². The Morgan fingerprint density at radius 3 is 2.70 bits per heavy atom. The Morgan fingerprint density at radius 1 is 1.22 bits per heavy atom. The molecule has 0 saturated carbocycles. The quantitative estimate of drug-likeness (QED) is 0.284. The van der Waals surface area contributed by atoms with E-state index in [2.05, 4.69) is 50.8 Å². The summed E-state index contributed by atoms with van der Waals surface area (Å²) in [5.74, 6) is 1.87. The van der Waals surface area contributed by atoms with Crippen LogP contribution in [-0.4, -0.2) is 40.4 Å². The third kappa shape index (κ3) is 8.38. The molecule has 1 heterocycles. The third-order valence-electron chi connectivity index (χ3n) is 3.49. The van der Waals surface area contributed by atoms with E-state index in [0.29, 0.717) is 6.54 Å². The number of aliphatic imine (C=N–C) groups is 1. The van der Waals surface area contributed by atoms with E-state index in [0.717, 1.165) is 43.4 Å². The van der Waals surface area contributed by atoms with Crippen LogP contribution in [0.3, 0.4) is 0 Å². The van der Waals surface area contributed by atoms with Crippen LogP contribution in [0.2, 0.25) is 0 Å². The molecule has 130 valence electrons. The number of nitrogens with zero attached hydrogens (tertiary/aromatic N) is 4. The van der Waals surface area contributed by atoms with Crippen molar-refractivity contribution in [2.75, 3.05) is 19.6 Å². The summed E-state index contributed by atoms with van der Waals surface area (Å²) in [6.45, 7) is 13.4. The minimum Gasteiger partial charge on any atom is -0.356 e. The van der Waals surface area contributed by atoms with Gasteiger partial charge in [0.2, 0.25) is 0 Å². The van der Waals surface area contributed by atoms with E-state index in [1.807, 2.05) is 6.92 Å². The van der Waals surface area contributed by atoms with E-state index in [-0.39, 0.29) is 0 Å². The predicted octanol–water partition coefficient (Wildman–Crippen LogP) is 2.53. The van der Waals surface area contributed by atoms with Crippen molar-refractivity contribution in [3.8, 4) is 0 Å². The number of aromatic nitrogens is 3. The summed E-state index contributed by atoms with van der Waals surface area (Å²) >= 11 is 0. The van der Waals surface area contributed by atoms with Gasteiger partial charge >= 0.3 is 0 Å². The van der Waals surface area contributed by atoms with Crippen molar-refractivity contribution in [1.82, 2.24) is 25.4 Å². The van der Waals surface area contributed by atoms with Gasteiger partial charge in [-0.25, -0.2) is 4.99 Å². The zero-order valence-electron chi connectivity index (χ0n) is 14.9. The summed E-state index contributed by atoms with van der Waals surface area (Å²) in [7, 11) is 0. The lowest BCUT2D eigenvalue weighted by Gasteiger charge is -2.13. The summed E-state index contributed by atoms with van der Waals surface area (Å²) in [6, 6.07) is 0. The first-order chi connectivity index (χ1) is 11.2. The Hall–Kier alpha value is -1.85. The van der Waals surface area contributed by atoms with Crippen molar-refractivity contribution >= 4 is 5.96 Å². The zero-order chi connectivity index (χ0) is 16.9. The van der Waals surface area contributed by atoms with Crippen molar-refractivity contribution < 1.29 is 0 Å².